The monoisotopic (exact) mass is 1030 g/mol. The average Bonchev–Trinajstić information content (AvgIpc) is 3.41. The zero-order chi connectivity index (χ0) is 54.3. The van der Waals surface area contributed by atoms with Gasteiger partial charge >= 0.3 is 17.9 Å². The molecule has 0 aromatic heterocycles. The van der Waals surface area contributed by atoms with Crippen LogP contribution in [-0.4, -0.2) is 37.2 Å². The SMILES string of the molecule is CC/C=C\C/C=C\C/C=C\C/C=C\C/C=C\CCCCCCCC(=O)OCC(COC(=O)CCCCCC/C=C\C/C=C\C/C=C\C/C=C\CC)OC(=O)CCCCCCCC/C=C\C/C=C\C/C=C\C/C=C\CC. The van der Waals surface area contributed by atoms with Gasteiger partial charge in [-0.3, -0.25) is 14.4 Å². The molecular weight excluding hydrogens is 925 g/mol. The predicted molar refractivity (Wildman–Crippen MR) is 325 cm³/mol. The summed E-state index contributed by atoms with van der Waals surface area (Å²) in [6, 6.07) is 0. The largest absolute Gasteiger partial charge is 0.462 e. The molecule has 6 nitrogen and oxygen atoms in total. The molecule has 0 rings (SSSR count). The highest BCUT2D eigenvalue weighted by Gasteiger charge is 2.19. The van der Waals surface area contributed by atoms with Crippen LogP contribution in [0.25, 0.3) is 0 Å². The summed E-state index contributed by atoms with van der Waals surface area (Å²) in [7, 11) is 0. The number of hydrogen-bond donors (Lipinski definition) is 0. The van der Waals surface area contributed by atoms with E-state index in [0.717, 1.165) is 186 Å². The number of carbonyl (C=O) groups excluding carboxylic acids is 3. The molecule has 420 valence electrons. The van der Waals surface area contributed by atoms with E-state index < -0.39 is 6.10 Å². The highest BCUT2D eigenvalue weighted by molar-refractivity contribution is 5.71. The smallest absolute Gasteiger partial charge is 0.306 e. The normalized spacial score (nSPS) is 13.3. The molecule has 0 aromatic carbocycles. The topological polar surface area (TPSA) is 78.9 Å². The lowest BCUT2D eigenvalue weighted by Gasteiger charge is -2.18. The van der Waals surface area contributed by atoms with Crippen molar-refractivity contribution < 1.29 is 28.6 Å². The molecule has 0 fully saturated rings. The lowest BCUT2D eigenvalue weighted by molar-refractivity contribution is -0.167. The molecule has 0 aromatic rings. The molecule has 1 atom stereocenters. The summed E-state index contributed by atoms with van der Waals surface area (Å²) in [5.74, 6) is -0.970. The van der Waals surface area contributed by atoms with Gasteiger partial charge < -0.3 is 14.2 Å². The summed E-state index contributed by atoms with van der Waals surface area (Å²) >= 11 is 0. The minimum Gasteiger partial charge on any atom is -0.462 e. The van der Waals surface area contributed by atoms with Gasteiger partial charge in [0, 0.05) is 19.3 Å². The Labute approximate surface area is 460 Å². The Hall–Kier alpha value is -4.97. The fourth-order valence-electron chi connectivity index (χ4n) is 7.63. The molecule has 0 saturated heterocycles. The Bertz CT molecular complexity index is 1710. The van der Waals surface area contributed by atoms with Crippen LogP contribution in [0.5, 0.6) is 0 Å². The molecule has 0 N–H and O–H groups in total. The Morgan fingerprint density at radius 3 is 0.747 bits per heavy atom. The van der Waals surface area contributed by atoms with Gasteiger partial charge in [-0.1, -0.05) is 237 Å². The molecule has 6 heteroatoms. The van der Waals surface area contributed by atoms with Crippen LogP contribution in [0, 0.1) is 0 Å². The van der Waals surface area contributed by atoms with E-state index in [1.54, 1.807) is 0 Å². The van der Waals surface area contributed by atoms with Gasteiger partial charge in [-0.2, -0.15) is 0 Å². The molecule has 0 radical (unpaired) electrons. The second-order valence-electron chi connectivity index (χ2n) is 19.1. The van der Waals surface area contributed by atoms with Crippen LogP contribution in [0.15, 0.2) is 158 Å². The molecule has 1 unspecified atom stereocenters. The van der Waals surface area contributed by atoms with Crippen molar-refractivity contribution in [1.82, 2.24) is 0 Å². The van der Waals surface area contributed by atoms with Crippen molar-refractivity contribution in [3.05, 3.63) is 158 Å². The highest BCUT2D eigenvalue weighted by Crippen LogP contribution is 2.13. The van der Waals surface area contributed by atoms with Crippen molar-refractivity contribution in [3.63, 3.8) is 0 Å². The van der Waals surface area contributed by atoms with E-state index in [2.05, 4.69) is 179 Å². The zero-order valence-electron chi connectivity index (χ0n) is 48.0. The molecule has 0 heterocycles. The minimum atomic E-state index is -0.814. The minimum absolute atomic E-state index is 0.109. The zero-order valence-corrected chi connectivity index (χ0v) is 48.0. The molecule has 0 aliphatic rings. The fraction of sp³-hybridized carbons (Fsp3) is 0.580. The van der Waals surface area contributed by atoms with Crippen LogP contribution in [0.2, 0.25) is 0 Å². The van der Waals surface area contributed by atoms with Gasteiger partial charge in [-0.15, -0.1) is 0 Å². The molecule has 0 spiro atoms. The van der Waals surface area contributed by atoms with Crippen molar-refractivity contribution in [1.29, 1.82) is 0 Å². The van der Waals surface area contributed by atoms with Crippen LogP contribution in [0.1, 0.15) is 239 Å². The Morgan fingerprint density at radius 1 is 0.267 bits per heavy atom. The first-order valence-electron chi connectivity index (χ1n) is 30.0. The summed E-state index contributed by atoms with van der Waals surface area (Å²) in [6.45, 7) is 6.24. The third-order valence-electron chi connectivity index (χ3n) is 12.0. The van der Waals surface area contributed by atoms with E-state index in [0.29, 0.717) is 19.3 Å². The van der Waals surface area contributed by atoms with Crippen molar-refractivity contribution in [2.24, 2.45) is 0 Å². The van der Waals surface area contributed by atoms with Crippen LogP contribution in [-0.2, 0) is 28.6 Å². The molecule has 0 bridgehead atoms. The second kappa shape index (κ2) is 61.6. The van der Waals surface area contributed by atoms with Gasteiger partial charge in [-0.25, -0.2) is 0 Å². The van der Waals surface area contributed by atoms with Crippen molar-refractivity contribution in [3.8, 4) is 0 Å². The van der Waals surface area contributed by atoms with E-state index >= 15 is 0 Å². The number of carbonyl (C=O) groups is 3. The third kappa shape index (κ3) is 59.8. The fourth-order valence-corrected chi connectivity index (χ4v) is 7.63. The van der Waals surface area contributed by atoms with Crippen molar-refractivity contribution in [2.75, 3.05) is 13.2 Å². The summed E-state index contributed by atoms with van der Waals surface area (Å²) in [5, 5.41) is 0. The second-order valence-corrected chi connectivity index (χ2v) is 19.1. The van der Waals surface area contributed by atoms with Gasteiger partial charge in [0.15, 0.2) is 6.10 Å². The lowest BCUT2D eigenvalue weighted by Crippen LogP contribution is -2.30. The third-order valence-corrected chi connectivity index (χ3v) is 12.0. The quantitative estimate of drug-likeness (QED) is 0.0261. The maximum atomic E-state index is 12.9. The van der Waals surface area contributed by atoms with E-state index in [1.165, 1.54) is 12.8 Å². The molecule has 75 heavy (non-hydrogen) atoms. The summed E-state index contributed by atoms with van der Waals surface area (Å²) in [5.41, 5.74) is 0. The van der Waals surface area contributed by atoms with Gasteiger partial charge in [0.05, 0.1) is 0 Å². The first-order valence-corrected chi connectivity index (χ1v) is 30.0. The summed E-state index contributed by atoms with van der Waals surface area (Å²) < 4.78 is 16.9. The first kappa shape index (κ1) is 70.0. The Morgan fingerprint density at radius 2 is 0.480 bits per heavy atom. The maximum Gasteiger partial charge on any atom is 0.306 e. The summed E-state index contributed by atoms with van der Waals surface area (Å²) in [4.78, 5) is 38.3. The molecular formula is C69H108O6. The van der Waals surface area contributed by atoms with Crippen molar-refractivity contribution >= 4 is 17.9 Å². The van der Waals surface area contributed by atoms with Crippen LogP contribution in [0.4, 0.5) is 0 Å². The lowest BCUT2D eigenvalue weighted by atomic mass is 10.1. The first-order chi connectivity index (χ1) is 37.0. The van der Waals surface area contributed by atoms with Gasteiger partial charge in [-0.05, 0) is 141 Å². The Kier molecular flexibility index (Phi) is 57.5. The number of unbranched alkanes of at least 4 members (excludes halogenated alkanes) is 15. The molecule has 0 saturated carbocycles. The van der Waals surface area contributed by atoms with Gasteiger partial charge in [0.2, 0.25) is 0 Å². The van der Waals surface area contributed by atoms with E-state index in [4.69, 9.17) is 14.2 Å². The maximum absolute atomic E-state index is 12.9. The number of allylic oxidation sites excluding steroid dienone is 26. The number of esters is 3. The molecule has 0 aliphatic heterocycles. The summed E-state index contributed by atoms with van der Waals surface area (Å²) in [6.07, 6.45) is 89.4. The number of ether oxygens (including phenoxy) is 3. The van der Waals surface area contributed by atoms with Crippen LogP contribution >= 0.6 is 0 Å². The van der Waals surface area contributed by atoms with E-state index in [9.17, 15) is 14.4 Å². The predicted octanol–water partition coefficient (Wildman–Crippen LogP) is 20.5. The standard InChI is InChI=1S/C69H108O6/c1-4-7-10-13-16-19-22-25-28-31-33-34-36-38-41-44-47-50-53-56-59-62-68(71)74-65-66(64-73-67(70)61-58-55-52-49-46-43-40-37-30-27-24-21-18-15-12-9-6-3)75-69(72)63-60-57-54-51-48-45-42-39-35-32-29-26-23-20-17-14-11-8-5-2/h7-12,16-21,25-30,33-35,38-41,43,66H,4-6,13-15,22-24,31-32,36-37,42,44-65H2,1-3H3/b10-7-,11-8-,12-9-,19-16-,20-17-,21-18-,28-25-,29-26-,30-27-,34-33-,39-35-,41-38-,43-40-. The number of rotatable bonds is 52. The van der Waals surface area contributed by atoms with Gasteiger partial charge in [0.25, 0.3) is 0 Å². The van der Waals surface area contributed by atoms with E-state index in [-0.39, 0.29) is 31.1 Å². The average molecular weight is 1030 g/mol. The number of hydrogen-bond acceptors (Lipinski definition) is 6. The van der Waals surface area contributed by atoms with E-state index in [1.807, 2.05) is 0 Å². The van der Waals surface area contributed by atoms with Crippen LogP contribution < -0.4 is 0 Å². The van der Waals surface area contributed by atoms with Crippen LogP contribution in [0.3, 0.4) is 0 Å². The molecule has 0 aliphatic carbocycles. The van der Waals surface area contributed by atoms with Crippen molar-refractivity contribution in [2.45, 2.75) is 245 Å². The molecule has 0 amide bonds. The Balaban J connectivity index is 4.53. The van der Waals surface area contributed by atoms with Gasteiger partial charge in [0.1, 0.15) is 13.2 Å². The highest BCUT2D eigenvalue weighted by atomic mass is 16.6.